The molecule has 11 heavy (non-hydrogen) atoms. The minimum Gasteiger partial charge on any atom is -0.394 e. The highest BCUT2D eigenvalue weighted by Gasteiger charge is 2.00. The smallest absolute Gasteiger partial charge is 0.199 e. The SMILES string of the molecule is CNc1nc(=S)[nH]c(C)c1N. The van der Waals surface area contributed by atoms with Crippen molar-refractivity contribution in [3.8, 4) is 0 Å². The average Bonchev–Trinajstić information content (AvgIpc) is 1.96. The van der Waals surface area contributed by atoms with Gasteiger partial charge in [0.15, 0.2) is 10.6 Å². The molecule has 0 bridgehead atoms. The molecule has 0 saturated carbocycles. The fourth-order valence-electron chi connectivity index (χ4n) is 0.786. The number of hydrogen-bond acceptors (Lipinski definition) is 4. The molecule has 0 atom stereocenters. The van der Waals surface area contributed by atoms with Crippen LogP contribution in [0.15, 0.2) is 0 Å². The van der Waals surface area contributed by atoms with E-state index in [0.29, 0.717) is 16.3 Å². The molecule has 0 unspecified atom stereocenters. The van der Waals surface area contributed by atoms with Crippen molar-refractivity contribution < 1.29 is 0 Å². The second kappa shape index (κ2) is 2.87. The fraction of sp³-hybridized carbons (Fsp3) is 0.333. The first kappa shape index (κ1) is 8.00. The van der Waals surface area contributed by atoms with E-state index >= 15 is 0 Å². The van der Waals surface area contributed by atoms with Crippen LogP contribution in [0.25, 0.3) is 0 Å². The number of rotatable bonds is 1. The number of hydrogen-bond donors (Lipinski definition) is 3. The summed E-state index contributed by atoms with van der Waals surface area (Å²) in [6.07, 6.45) is 0. The lowest BCUT2D eigenvalue weighted by Gasteiger charge is -2.05. The molecule has 0 radical (unpaired) electrons. The first-order chi connectivity index (χ1) is 5.15. The third-order valence-corrected chi connectivity index (χ3v) is 1.60. The summed E-state index contributed by atoms with van der Waals surface area (Å²) in [5.74, 6) is 0.631. The van der Waals surface area contributed by atoms with Crippen molar-refractivity contribution >= 4 is 23.7 Å². The maximum Gasteiger partial charge on any atom is 0.199 e. The molecule has 0 aliphatic carbocycles. The Morgan fingerprint density at radius 1 is 1.64 bits per heavy atom. The van der Waals surface area contributed by atoms with Gasteiger partial charge in [-0.15, -0.1) is 0 Å². The first-order valence-corrected chi connectivity index (χ1v) is 3.60. The van der Waals surface area contributed by atoms with Crippen molar-refractivity contribution in [2.24, 2.45) is 0 Å². The summed E-state index contributed by atoms with van der Waals surface area (Å²) in [5, 5.41) is 2.85. The van der Waals surface area contributed by atoms with Gasteiger partial charge < -0.3 is 16.0 Å². The number of nitrogens with zero attached hydrogens (tertiary/aromatic N) is 1. The van der Waals surface area contributed by atoms with E-state index in [1.54, 1.807) is 7.05 Å². The van der Waals surface area contributed by atoms with Gasteiger partial charge in [0.05, 0.1) is 5.69 Å². The Balaban J connectivity index is 3.36. The van der Waals surface area contributed by atoms with Gasteiger partial charge in [0.1, 0.15) is 0 Å². The molecule has 4 N–H and O–H groups in total. The second-order valence-electron chi connectivity index (χ2n) is 2.18. The van der Waals surface area contributed by atoms with Gasteiger partial charge in [0.2, 0.25) is 0 Å². The molecule has 1 aromatic rings. The molecule has 1 heterocycles. The van der Waals surface area contributed by atoms with Crippen molar-refractivity contribution in [2.75, 3.05) is 18.1 Å². The number of aromatic nitrogens is 2. The largest absolute Gasteiger partial charge is 0.394 e. The van der Waals surface area contributed by atoms with Crippen molar-refractivity contribution in [3.05, 3.63) is 10.5 Å². The Labute approximate surface area is 69.8 Å². The topological polar surface area (TPSA) is 66.7 Å². The van der Waals surface area contributed by atoms with Crippen LogP contribution in [0, 0.1) is 11.7 Å². The summed E-state index contributed by atoms with van der Waals surface area (Å²) in [6.45, 7) is 1.85. The number of nitrogens with one attached hydrogen (secondary N) is 2. The van der Waals surface area contributed by atoms with Gasteiger partial charge in [0, 0.05) is 12.7 Å². The predicted octanol–water partition coefficient (Wildman–Crippen LogP) is 1.07. The van der Waals surface area contributed by atoms with Crippen molar-refractivity contribution in [3.63, 3.8) is 0 Å². The molecule has 4 nitrogen and oxygen atoms in total. The lowest BCUT2D eigenvalue weighted by atomic mass is 10.3. The molecule has 0 aliphatic heterocycles. The van der Waals surface area contributed by atoms with Crippen molar-refractivity contribution in [1.82, 2.24) is 9.97 Å². The lowest BCUT2D eigenvalue weighted by Crippen LogP contribution is -2.03. The number of H-pyrrole nitrogens is 1. The highest BCUT2D eigenvalue weighted by molar-refractivity contribution is 7.71. The normalized spacial score (nSPS) is 9.64. The number of nitrogens with two attached hydrogens (primary N) is 1. The molecule has 1 rings (SSSR count). The van der Waals surface area contributed by atoms with E-state index in [0.717, 1.165) is 5.69 Å². The number of aromatic amines is 1. The monoisotopic (exact) mass is 170 g/mol. The molecule has 0 fully saturated rings. The standard InChI is InChI=1S/C6H10N4S/c1-3-4(7)5(8-2)10-6(11)9-3/h7H2,1-2H3,(H2,8,9,10,11). The van der Waals surface area contributed by atoms with Crippen LogP contribution in [0.5, 0.6) is 0 Å². The molecular weight excluding hydrogens is 160 g/mol. The summed E-state index contributed by atoms with van der Waals surface area (Å²) in [7, 11) is 1.76. The van der Waals surface area contributed by atoms with E-state index in [-0.39, 0.29) is 0 Å². The molecule has 0 aromatic carbocycles. The van der Waals surface area contributed by atoms with Crippen LogP contribution in [-0.2, 0) is 0 Å². The number of nitrogen functional groups attached to an aromatic ring is 1. The minimum atomic E-state index is 0.445. The van der Waals surface area contributed by atoms with E-state index in [2.05, 4.69) is 15.3 Å². The summed E-state index contributed by atoms with van der Waals surface area (Å²) in [6, 6.07) is 0. The lowest BCUT2D eigenvalue weighted by molar-refractivity contribution is 1.08. The van der Waals surface area contributed by atoms with Crippen LogP contribution in [-0.4, -0.2) is 17.0 Å². The Hall–Kier alpha value is -1.10. The number of anilines is 2. The first-order valence-electron chi connectivity index (χ1n) is 3.19. The predicted molar refractivity (Wildman–Crippen MR) is 48.1 cm³/mol. The molecule has 0 amide bonds. The highest BCUT2D eigenvalue weighted by Crippen LogP contribution is 2.15. The van der Waals surface area contributed by atoms with Gasteiger partial charge in [-0.05, 0) is 19.1 Å². The van der Waals surface area contributed by atoms with Gasteiger partial charge >= 0.3 is 0 Å². The van der Waals surface area contributed by atoms with Crippen LogP contribution in [0.3, 0.4) is 0 Å². The molecule has 0 spiro atoms. The summed E-state index contributed by atoms with van der Waals surface area (Å²) in [4.78, 5) is 6.83. The van der Waals surface area contributed by atoms with E-state index < -0.39 is 0 Å². The zero-order valence-electron chi connectivity index (χ0n) is 6.43. The van der Waals surface area contributed by atoms with Crippen LogP contribution in [0.2, 0.25) is 0 Å². The minimum absolute atomic E-state index is 0.445. The summed E-state index contributed by atoms with van der Waals surface area (Å²) < 4.78 is 0.445. The van der Waals surface area contributed by atoms with Gasteiger partial charge in [-0.2, -0.15) is 0 Å². The van der Waals surface area contributed by atoms with Crippen molar-refractivity contribution in [1.29, 1.82) is 0 Å². The van der Waals surface area contributed by atoms with Crippen molar-refractivity contribution in [2.45, 2.75) is 6.92 Å². The van der Waals surface area contributed by atoms with E-state index in [9.17, 15) is 0 Å². The molecule has 0 aliphatic rings. The zero-order valence-corrected chi connectivity index (χ0v) is 7.25. The number of aryl methyl sites for hydroxylation is 1. The van der Waals surface area contributed by atoms with Crippen LogP contribution < -0.4 is 11.1 Å². The fourth-order valence-corrected chi connectivity index (χ4v) is 1.03. The van der Waals surface area contributed by atoms with Crippen LogP contribution >= 0.6 is 12.2 Å². The maximum absolute atomic E-state index is 5.66. The Morgan fingerprint density at radius 3 is 2.82 bits per heavy atom. The Morgan fingerprint density at radius 2 is 2.27 bits per heavy atom. The van der Waals surface area contributed by atoms with E-state index in [1.807, 2.05) is 6.92 Å². The molecule has 5 heteroatoms. The Kier molecular flexibility index (Phi) is 2.09. The third-order valence-electron chi connectivity index (χ3n) is 1.40. The van der Waals surface area contributed by atoms with Crippen LogP contribution in [0.1, 0.15) is 5.69 Å². The second-order valence-corrected chi connectivity index (χ2v) is 2.57. The maximum atomic E-state index is 5.66. The average molecular weight is 170 g/mol. The quantitative estimate of drug-likeness (QED) is 0.551. The molecule has 60 valence electrons. The Bertz CT molecular complexity index is 317. The molecular formula is C6H10N4S. The zero-order chi connectivity index (χ0) is 8.43. The third kappa shape index (κ3) is 1.48. The highest BCUT2D eigenvalue weighted by atomic mass is 32.1. The van der Waals surface area contributed by atoms with Gasteiger partial charge in [-0.25, -0.2) is 4.98 Å². The summed E-state index contributed by atoms with van der Waals surface area (Å²) in [5.41, 5.74) is 7.11. The van der Waals surface area contributed by atoms with E-state index in [1.165, 1.54) is 0 Å². The van der Waals surface area contributed by atoms with Gasteiger partial charge in [0.25, 0.3) is 0 Å². The van der Waals surface area contributed by atoms with Crippen LogP contribution in [0.4, 0.5) is 11.5 Å². The van der Waals surface area contributed by atoms with Gasteiger partial charge in [-0.1, -0.05) is 0 Å². The van der Waals surface area contributed by atoms with Gasteiger partial charge in [-0.3, -0.25) is 0 Å². The molecule has 0 saturated heterocycles. The summed E-state index contributed by atoms with van der Waals surface area (Å²) >= 11 is 4.85. The van der Waals surface area contributed by atoms with E-state index in [4.69, 9.17) is 18.0 Å². The molecule has 1 aromatic heterocycles.